The molecule has 2 aromatic carbocycles. The van der Waals surface area contributed by atoms with Crippen molar-refractivity contribution in [1.29, 1.82) is 0 Å². The standard InChI is InChI=1S/C21H25F3N4O2/c1-3-25-20(27-13-17-5-4-6-18(11-17)28-15(2)29)26-12-16-7-9-19(10-8-16)30-14-21(22,23)24/h4-11H,3,12-14H2,1-2H3,(H,28,29)(H2,25,26,27). The third kappa shape index (κ3) is 8.85. The van der Waals surface area contributed by atoms with E-state index in [4.69, 9.17) is 4.74 Å². The second-order valence-corrected chi connectivity index (χ2v) is 6.48. The fourth-order valence-electron chi connectivity index (χ4n) is 2.52. The van der Waals surface area contributed by atoms with Gasteiger partial charge >= 0.3 is 6.18 Å². The zero-order chi connectivity index (χ0) is 22.0. The van der Waals surface area contributed by atoms with Crippen molar-refractivity contribution in [3.63, 3.8) is 0 Å². The van der Waals surface area contributed by atoms with Crippen molar-refractivity contribution in [3.05, 3.63) is 59.7 Å². The summed E-state index contributed by atoms with van der Waals surface area (Å²) in [6.07, 6.45) is -4.36. The molecule has 1 amide bonds. The molecule has 0 fully saturated rings. The van der Waals surface area contributed by atoms with E-state index in [1.165, 1.54) is 19.1 Å². The molecule has 0 radical (unpaired) electrons. The summed E-state index contributed by atoms with van der Waals surface area (Å²) in [7, 11) is 0. The number of hydrogen-bond donors (Lipinski definition) is 3. The van der Waals surface area contributed by atoms with Crippen LogP contribution in [0.4, 0.5) is 18.9 Å². The third-order valence-electron chi connectivity index (χ3n) is 3.80. The Morgan fingerprint density at radius 3 is 2.43 bits per heavy atom. The number of halogens is 3. The summed E-state index contributed by atoms with van der Waals surface area (Å²) in [5.74, 6) is 0.621. The van der Waals surface area contributed by atoms with E-state index in [2.05, 4.69) is 20.9 Å². The summed E-state index contributed by atoms with van der Waals surface area (Å²) >= 11 is 0. The fourth-order valence-corrected chi connectivity index (χ4v) is 2.52. The van der Waals surface area contributed by atoms with Gasteiger partial charge in [0.1, 0.15) is 5.75 Å². The van der Waals surface area contributed by atoms with Crippen LogP contribution in [0.2, 0.25) is 0 Å². The second-order valence-electron chi connectivity index (χ2n) is 6.48. The first kappa shape index (κ1) is 23.1. The molecule has 0 spiro atoms. The Kier molecular flexibility index (Phi) is 8.52. The number of alkyl halides is 3. The van der Waals surface area contributed by atoms with Gasteiger partial charge < -0.3 is 20.7 Å². The molecule has 2 aromatic rings. The molecule has 2 rings (SSSR count). The molecule has 162 valence electrons. The number of amides is 1. The van der Waals surface area contributed by atoms with Crippen LogP contribution in [0.1, 0.15) is 25.0 Å². The molecule has 0 saturated carbocycles. The van der Waals surface area contributed by atoms with Crippen molar-refractivity contribution < 1.29 is 22.7 Å². The van der Waals surface area contributed by atoms with Crippen LogP contribution in [0.15, 0.2) is 53.5 Å². The first-order chi connectivity index (χ1) is 14.2. The Bertz CT molecular complexity index is 852. The monoisotopic (exact) mass is 422 g/mol. The van der Waals surface area contributed by atoms with Crippen LogP contribution >= 0.6 is 0 Å². The molecule has 0 unspecified atom stereocenters. The van der Waals surface area contributed by atoms with Crippen LogP contribution in [0.3, 0.4) is 0 Å². The van der Waals surface area contributed by atoms with Crippen molar-refractivity contribution in [1.82, 2.24) is 10.6 Å². The lowest BCUT2D eigenvalue weighted by Crippen LogP contribution is -2.36. The molecule has 0 aliphatic heterocycles. The zero-order valence-corrected chi connectivity index (χ0v) is 16.8. The number of carbonyl (C=O) groups excluding carboxylic acids is 1. The number of anilines is 1. The molecule has 6 nitrogen and oxygen atoms in total. The summed E-state index contributed by atoms with van der Waals surface area (Å²) in [6, 6.07) is 13.8. The quantitative estimate of drug-likeness (QED) is 0.446. The van der Waals surface area contributed by atoms with Crippen molar-refractivity contribution in [2.75, 3.05) is 18.5 Å². The van der Waals surface area contributed by atoms with Gasteiger partial charge in [-0.1, -0.05) is 24.3 Å². The molecule has 0 aliphatic carbocycles. The second kappa shape index (κ2) is 11.1. The predicted molar refractivity (Wildman–Crippen MR) is 110 cm³/mol. The van der Waals surface area contributed by atoms with Crippen molar-refractivity contribution in [3.8, 4) is 5.75 Å². The van der Waals surface area contributed by atoms with Crippen LogP contribution in [-0.2, 0) is 17.9 Å². The highest BCUT2D eigenvalue weighted by Gasteiger charge is 2.28. The van der Waals surface area contributed by atoms with Crippen LogP contribution in [-0.4, -0.2) is 31.2 Å². The molecule has 0 saturated heterocycles. The maximum absolute atomic E-state index is 12.2. The molecule has 30 heavy (non-hydrogen) atoms. The summed E-state index contributed by atoms with van der Waals surface area (Å²) < 4.78 is 41.3. The number of hydrogen-bond acceptors (Lipinski definition) is 3. The lowest BCUT2D eigenvalue weighted by molar-refractivity contribution is -0.153. The fraction of sp³-hybridized carbons (Fsp3) is 0.333. The van der Waals surface area contributed by atoms with Gasteiger partial charge in [-0.2, -0.15) is 13.2 Å². The summed E-state index contributed by atoms with van der Waals surface area (Å²) in [5, 5.41) is 9.05. The maximum atomic E-state index is 12.2. The van der Waals surface area contributed by atoms with Gasteiger partial charge in [-0.05, 0) is 42.3 Å². The summed E-state index contributed by atoms with van der Waals surface area (Å²) in [5.41, 5.74) is 2.51. The third-order valence-corrected chi connectivity index (χ3v) is 3.80. The molecule has 9 heteroatoms. The minimum atomic E-state index is -4.36. The predicted octanol–water partition coefficient (Wildman–Crippen LogP) is 3.84. The van der Waals surface area contributed by atoms with E-state index in [1.807, 2.05) is 25.1 Å². The minimum Gasteiger partial charge on any atom is -0.484 e. The van der Waals surface area contributed by atoms with Gasteiger partial charge in [0.15, 0.2) is 12.6 Å². The van der Waals surface area contributed by atoms with Crippen molar-refractivity contribution in [2.45, 2.75) is 33.1 Å². The molecular formula is C21H25F3N4O2. The zero-order valence-electron chi connectivity index (χ0n) is 16.8. The number of ether oxygens (including phenoxy) is 1. The number of guanidine groups is 1. The van der Waals surface area contributed by atoms with E-state index in [0.29, 0.717) is 31.3 Å². The van der Waals surface area contributed by atoms with E-state index < -0.39 is 12.8 Å². The summed E-state index contributed by atoms with van der Waals surface area (Å²) in [4.78, 5) is 15.7. The van der Waals surface area contributed by atoms with E-state index in [9.17, 15) is 18.0 Å². The Balaban J connectivity index is 1.93. The van der Waals surface area contributed by atoms with E-state index in [0.717, 1.165) is 11.1 Å². The number of carbonyl (C=O) groups is 1. The van der Waals surface area contributed by atoms with Gasteiger partial charge in [-0.15, -0.1) is 0 Å². The van der Waals surface area contributed by atoms with Gasteiger partial charge in [-0.25, -0.2) is 4.99 Å². The SMILES string of the molecule is CCNC(=NCc1cccc(NC(C)=O)c1)NCc1ccc(OCC(F)(F)F)cc1. The Morgan fingerprint density at radius 2 is 1.80 bits per heavy atom. The van der Waals surface area contributed by atoms with Crippen LogP contribution in [0, 0.1) is 0 Å². The first-order valence-corrected chi connectivity index (χ1v) is 9.42. The minimum absolute atomic E-state index is 0.138. The topological polar surface area (TPSA) is 74.8 Å². The lowest BCUT2D eigenvalue weighted by Gasteiger charge is -2.13. The number of nitrogens with zero attached hydrogens (tertiary/aromatic N) is 1. The van der Waals surface area contributed by atoms with E-state index >= 15 is 0 Å². The normalized spacial score (nSPS) is 11.7. The number of benzene rings is 2. The summed E-state index contributed by atoms with van der Waals surface area (Å²) in [6.45, 7) is 3.60. The highest BCUT2D eigenvalue weighted by molar-refractivity contribution is 5.88. The van der Waals surface area contributed by atoms with Crippen molar-refractivity contribution >= 4 is 17.6 Å². The molecule has 0 heterocycles. The number of nitrogens with one attached hydrogen (secondary N) is 3. The Morgan fingerprint density at radius 1 is 1.07 bits per heavy atom. The first-order valence-electron chi connectivity index (χ1n) is 9.42. The molecule has 0 bridgehead atoms. The Labute approximate surface area is 173 Å². The average Bonchev–Trinajstić information content (AvgIpc) is 2.68. The van der Waals surface area contributed by atoms with Crippen molar-refractivity contribution in [2.24, 2.45) is 4.99 Å². The number of aliphatic imine (C=N–C) groups is 1. The van der Waals surface area contributed by atoms with Crippen LogP contribution < -0.4 is 20.7 Å². The van der Waals surface area contributed by atoms with Gasteiger partial charge in [0.25, 0.3) is 0 Å². The molecular weight excluding hydrogens is 397 g/mol. The average molecular weight is 422 g/mol. The lowest BCUT2D eigenvalue weighted by atomic mass is 10.2. The number of rotatable bonds is 8. The highest BCUT2D eigenvalue weighted by atomic mass is 19.4. The van der Waals surface area contributed by atoms with Gasteiger partial charge in [-0.3, -0.25) is 4.79 Å². The Hall–Kier alpha value is -3.23. The van der Waals surface area contributed by atoms with Crippen LogP contribution in [0.25, 0.3) is 0 Å². The molecule has 0 atom stereocenters. The smallest absolute Gasteiger partial charge is 0.422 e. The van der Waals surface area contributed by atoms with Gasteiger partial charge in [0.2, 0.25) is 5.91 Å². The van der Waals surface area contributed by atoms with E-state index in [1.54, 1.807) is 18.2 Å². The van der Waals surface area contributed by atoms with Gasteiger partial charge in [0.05, 0.1) is 6.54 Å². The van der Waals surface area contributed by atoms with Crippen LogP contribution in [0.5, 0.6) is 5.75 Å². The highest BCUT2D eigenvalue weighted by Crippen LogP contribution is 2.18. The maximum Gasteiger partial charge on any atom is 0.422 e. The largest absolute Gasteiger partial charge is 0.484 e. The molecule has 0 aromatic heterocycles. The van der Waals surface area contributed by atoms with E-state index in [-0.39, 0.29) is 11.7 Å². The molecule has 3 N–H and O–H groups in total. The molecule has 0 aliphatic rings. The van der Waals surface area contributed by atoms with Gasteiger partial charge in [0, 0.05) is 25.7 Å².